The van der Waals surface area contributed by atoms with Crippen LogP contribution in [0.5, 0.6) is 5.75 Å². The molecule has 144 valence electrons. The van der Waals surface area contributed by atoms with Crippen molar-refractivity contribution in [2.75, 3.05) is 31.2 Å². The van der Waals surface area contributed by atoms with Gasteiger partial charge in [0.05, 0.1) is 18.4 Å². The average molecular weight is 368 g/mol. The van der Waals surface area contributed by atoms with Crippen LogP contribution in [-0.4, -0.2) is 37.8 Å². The fourth-order valence-corrected chi connectivity index (χ4v) is 1.96. The Morgan fingerprint density at radius 1 is 1.27 bits per heavy atom. The molecular weight excluding hydrogens is 343 g/mol. The number of primary amides is 1. The molecule has 1 aromatic carbocycles. The number of anilines is 2. The van der Waals surface area contributed by atoms with Crippen molar-refractivity contribution in [3.8, 4) is 5.75 Å². The lowest BCUT2D eigenvalue weighted by molar-refractivity contribution is 0.0534. The van der Waals surface area contributed by atoms with Crippen LogP contribution in [0.15, 0.2) is 18.2 Å². The molecule has 0 saturated carbocycles. The highest BCUT2D eigenvalue weighted by atomic mass is 19.1. The molecule has 0 heterocycles. The molecule has 1 aromatic rings. The lowest BCUT2D eigenvalue weighted by Gasteiger charge is -2.19. The first-order valence-electron chi connectivity index (χ1n) is 7.88. The summed E-state index contributed by atoms with van der Waals surface area (Å²) in [4.78, 5) is 22.7. The van der Waals surface area contributed by atoms with E-state index in [0.717, 1.165) is 0 Å². The van der Waals surface area contributed by atoms with Crippen molar-refractivity contribution in [1.29, 1.82) is 0 Å². The van der Waals surface area contributed by atoms with Crippen LogP contribution in [0.1, 0.15) is 31.1 Å². The van der Waals surface area contributed by atoms with E-state index in [2.05, 4.69) is 10.6 Å². The number of halogens is 1. The number of rotatable bonds is 7. The van der Waals surface area contributed by atoms with E-state index in [1.807, 2.05) is 0 Å². The molecule has 0 atom stereocenters. The van der Waals surface area contributed by atoms with Crippen molar-refractivity contribution >= 4 is 23.4 Å². The molecule has 2 amide bonds. The van der Waals surface area contributed by atoms with Gasteiger partial charge in [-0.15, -0.1) is 0 Å². The van der Waals surface area contributed by atoms with Gasteiger partial charge in [-0.2, -0.15) is 0 Å². The third-order valence-electron chi connectivity index (χ3n) is 3.08. The molecular formula is C17H25FN4O4. The van der Waals surface area contributed by atoms with Crippen LogP contribution in [0.4, 0.5) is 20.6 Å². The Bertz CT molecular complexity index is 699. The van der Waals surface area contributed by atoms with Gasteiger partial charge < -0.3 is 31.6 Å². The van der Waals surface area contributed by atoms with Crippen LogP contribution in [0.25, 0.3) is 0 Å². The Labute approximate surface area is 151 Å². The van der Waals surface area contributed by atoms with E-state index in [-0.39, 0.29) is 35.8 Å². The summed E-state index contributed by atoms with van der Waals surface area (Å²) in [6.45, 7) is 5.86. The number of methoxy groups -OCH3 is 1. The fourth-order valence-electron chi connectivity index (χ4n) is 1.96. The Hall–Kier alpha value is -2.97. The fraction of sp³-hybridized carbons (Fsp3) is 0.412. The number of carbonyl (C=O) groups is 2. The summed E-state index contributed by atoms with van der Waals surface area (Å²) < 4.78 is 24.3. The highest BCUT2D eigenvalue weighted by molar-refractivity contribution is 5.96. The molecule has 0 aliphatic heterocycles. The van der Waals surface area contributed by atoms with E-state index < -0.39 is 23.4 Å². The summed E-state index contributed by atoms with van der Waals surface area (Å²) in [6.07, 6.45) is 2.87. The monoisotopic (exact) mass is 368 g/mol. The standard InChI is InChI=1S/C17H25FN4O4/c1-17(2,3)26-16(24)22-8-6-5-7-21-14-11(25-4)9-10(15(20)23)12(18)13(14)19/h5-6,9,21H,7-8,19H2,1-4H3,(H2,20,23)(H,22,24). The van der Waals surface area contributed by atoms with E-state index in [9.17, 15) is 14.0 Å². The Morgan fingerprint density at radius 2 is 1.88 bits per heavy atom. The number of amides is 2. The predicted molar refractivity (Wildman–Crippen MR) is 97.7 cm³/mol. The zero-order chi connectivity index (χ0) is 19.9. The van der Waals surface area contributed by atoms with E-state index >= 15 is 0 Å². The third-order valence-corrected chi connectivity index (χ3v) is 3.08. The molecule has 0 bridgehead atoms. The van der Waals surface area contributed by atoms with Gasteiger partial charge in [0.25, 0.3) is 5.91 Å². The first-order chi connectivity index (χ1) is 12.1. The largest absolute Gasteiger partial charge is 0.494 e. The zero-order valence-corrected chi connectivity index (χ0v) is 15.3. The number of hydrogen-bond acceptors (Lipinski definition) is 6. The van der Waals surface area contributed by atoms with Crippen molar-refractivity contribution in [1.82, 2.24) is 5.32 Å². The van der Waals surface area contributed by atoms with Crippen LogP contribution < -0.4 is 26.8 Å². The van der Waals surface area contributed by atoms with Crippen molar-refractivity contribution in [2.45, 2.75) is 26.4 Å². The van der Waals surface area contributed by atoms with Gasteiger partial charge in [0.15, 0.2) is 5.82 Å². The molecule has 0 fully saturated rings. The molecule has 8 nitrogen and oxygen atoms in total. The van der Waals surface area contributed by atoms with E-state index in [0.29, 0.717) is 0 Å². The number of ether oxygens (including phenoxy) is 2. The lowest BCUT2D eigenvalue weighted by Crippen LogP contribution is -2.32. The summed E-state index contributed by atoms with van der Waals surface area (Å²) in [6, 6.07) is 1.18. The molecule has 1 rings (SSSR count). The molecule has 0 aliphatic rings. The predicted octanol–water partition coefficient (Wildman–Crippen LogP) is 2.01. The Morgan fingerprint density at radius 3 is 2.42 bits per heavy atom. The van der Waals surface area contributed by atoms with Gasteiger partial charge in [-0.3, -0.25) is 4.79 Å². The minimum absolute atomic E-state index is 0.193. The van der Waals surface area contributed by atoms with Gasteiger partial charge in [0.2, 0.25) is 0 Å². The highest BCUT2D eigenvalue weighted by Gasteiger charge is 2.19. The molecule has 0 saturated heterocycles. The van der Waals surface area contributed by atoms with Gasteiger partial charge in [-0.1, -0.05) is 12.2 Å². The van der Waals surface area contributed by atoms with Gasteiger partial charge in [0.1, 0.15) is 17.0 Å². The van der Waals surface area contributed by atoms with Crippen LogP contribution in [0.3, 0.4) is 0 Å². The van der Waals surface area contributed by atoms with Crippen LogP contribution in [0, 0.1) is 5.82 Å². The molecule has 0 aliphatic carbocycles. The molecule has 0 aromatic heterocycles. The molecule has 0 radical (unpaired) electrons. The molecule has 9 heteroatoms. The number of benzene rings is 1. The van der Waals surface area contributed by atoms with Crippen molar-refractivity contribution in [3.63, 3.8) is 0 Å². The second kappa shape index (κ2) is 8.93. The topological polar surface area (TPSA) is 129 Å². The normalized spacial score (nSPS) is 11.3. The number of nitrogen functional groups attached to an aromatic ring is 1. The number of alkyl carbamates (subject to hydrolysis) is 1. The number of carbonyl (C=O) groups excluding carboxylic acids is 2. The maximum atomic E-state index is 14.1. The molecule has 0 spiro atoms. The second-order valence-electron chi connectivity index (χ2n) is 6.33. The van der Waals surface area contributed by atoms with Gasteiger partial charge >= 0.3 is 6.09 Å². The molecule has 0 unspecified atom stereocenters. The van der Waals surface area contributed by atoms with E-state index in [1.165, 1.54) is 13.2 Å². The maximum absolute atomic E-state index is 14.1. The number of nitrogens with one attached hydrogen (secondary N) is 2. The summed E-state index contributed by atoms with van der Waals surface area (Å²) in [5.74, 6) is -1.65. The zero-order valence-electron chi connectivity index (χ0n) is 15.3. The smallest absolute Gasteiger partial charge is 0.407 e. The van der Waals surface area contributed by atoms with Gasteiger partial charge in [-0.05, 0) is 26.8 Å². The summed E-state index contributed by atoms with van der Waals surface area (Å²) in [7, 11) is 1.36. The summed E-state index contributed by atoms with van der Waals surface area (Å²) in [5, 5.41) is 5.46. The van der Waals surface area contributed by atoms with Crippen molar-refractivity contribution in [3.05, 3.63) is 29.6 Å². The second-order valence-corrected chi connectivity index (χ2v) is 6.33. The maximum Gasteiger partial charge on any atom is 0.407 e. The third kappa shape index (κ3) is 6.15. The Kier molecular flexibility index (Phi) is 7.24. The molecule has 26 heavy (non-hydrogen) atoms. The average Bonchev–Trinajstić information content (AvgIpc) is 2.52. The lowest BCUT2D eigenvalue weighted by atomic mass is 10.1. The number of nitrogens with two attached hydrogens (primary N) is 2. The Balaban J connectivity index is 2.64. The summed E-state index contributed by atoms with van der Waals surface area (Å²) in [5.41, 5.74) is 9.85. The first-order valence-corrected chi connectivity index (χ1v) is 7.88. The van der Waals surface area contributed by atoms with E-state index in [4.69, 9.17) is 20.9 Å². The minimum Gasteiger partial charge on any atom is -0.494 e. The highest BCUT2D eigenvalue weighted by Crippen LogP contribution is 2.35. The minimum atomic E-state index is -0.938. The van der Waals surface area contributed by atoms with Gasteiger partial charge in [-0.25, -0.2) is 9.18 Å². The van der Waals surface area contributed by atoms with Gasteiger partial charge in [0, 0.05) is 13.1 Å². The van der Waals surface area contributed by atoms with Crippen LogP contribution >= 0.6 is 0 Å². The molecule has 6 N–H and O–H groups in total. The van der Waals surface area contributed by atoms with E-state index in [1.54, 1.807) is 32.9 Å². The van der Waals surface area contributed by atoms with Crippen molar-refractivity contribution < 1.29 is 23.5 Å². The number of hydrogen-bond donors (Lipinski definition) is 4. The SMILES string of the molecule is COc1cc(C(N)=O)c(F)c(N)c1NCC=CCNC(=O)OC(C)(C)C. The summed E-state index contributed by atoms with van der Waals surface area (Å²) >= 11 is 0. The van der Waals surface area contributed by atoms with Crippen LogP contribution in [-0.2, 0) is 4.74 Å². The first kappa shape index (κ1) is 21.1. The van der Waals surface area contributed by atoms with Crippen molar-refractivity contribution in [2.24, 2.45) is 5.73 Å². The van der Waals surface area contributed by atoms with Crippen LogP contribution in [0.2, 0.25) is 0 Å². The quantitative estimate of drug-likeness (QED) is 0.430.